The van der Waals surface area contributed by atoms with Gasteiger partial charge in [0.15, 0.2) is 0 Å². The quantitative estimate of drug-likeness (QED) is 0.713. The van der Waals surface area contributed by atoms with Crippen molar-refractivity contribution in [1.29, 1.82) is 0 Å². The molecule has 0 saturated carbocycles. The van der Waals surface area contributed by atoms with Crippen molar-refractivity contribution in [2.45, 2.75) is 52.1 Å². The Hall–Kier alpha value is -1.09. The fraction of sp³-hybridized carbons (Fsp3) is 0.571. The summed E-state index contributed by atoms with van der Waals surface area (Å²) in [5, 5.41) is 12.9. The van der Waals surface area contributed by atoms with Crippen molar-refractivity contribution >= 4 is 0 Å². The highest BCUT2D eigenvalue weighted by Gasteiger charge is 2.05. The van der Waals surface area contributed by atoms with Gasteiger partial charge >= 0.3 is 0 Å². The fourth-order valence-corrected chi connectivity index (χ4v) is 1.78. The molecule has 0 aliphatic rings. The van der Waals surface area contributed by atoms with Crippen molar-refractivity contribution in [3.8, 4) is 5.75 Å². The molecule has 0 radical (unpaired) electrons. The Morgan fingerprint density at radius 2 is 2.12 bits per heavy atom. The van der Waals surface area contributed by atoms with Gasteiger partial charge in [-0.15, -0.1) is 0 Å². The fourth-order valence-electron chi connectivity index (χ4n) is 1.78. The van der Waals surface area contributed by atoms with E-state index >= 15 is 0 Å². The van der Waals surface area contributed by atoms with Crippen molar-refractivity contribution in [3.63, 3.8) is 0 Å². The lowest BCUT2D eigenvalue weighted by Gasteiger charge is -2.14. The molecule has 0 amide bonds. The van der Waals surface area contributed by atoms with Gasteiger partial charge in [-0.1, -0.05) is 26.2 Å². The number of halogens is 1. The number of hydrogen-bond donors (Lipinski definition) is 2. The van der Waals surface area contributed by atoms with Gasteiger partial charge in [-0.3, -0.25) is 0 Å². The van der Waals surface area contributed by atoms with Gasteiger partial charge in [-0.05, 0) is 31.5 Å². The summed E-state index contributed by atoms with van der Waals surface area (Å²) in [5.74, 6) is -0.155. The number of nitrogens with one attached hydrogen (secondary N) is 1. The summed E-state index contributed by atoms with van der Waals surface area (Å²) in [4.78, 5) is 0. The van der Waals surface area contributed by atoms with Crippen LogP contribution in [0.4, 0.5) is 4.39 Å². The summed E-state index contributed by atoms with van der Waals surface area (Å²) >= 11 is 0. The average molecular weight is 239 g/mol. The zero-order chi connectivity index (χ0) is 12.7. The SMILES string of the molecule is CCCCCC(C)NCc1cc(F)ccc1O. The Morgan fingerprint density at radius 1 is 1.35 bits per heavy atom. The Bertz CT molecular complexity index is 341. The molecule has 0 heterocycles. The summed E-state index contributed by atoms with van der Waals surface area (Å²) in [7, 11) is 0. The Morgan fingerprint density at radius 3 is 2.82 bits per heavy atom. The van der Waals surface area contributed by atoms with Crippen molar-refractivity contribution in [1.82, 2.24) is 5.32 Å². The van der Waals surface area contributed by atoms with Crippen molar-refractivity contribution < 1.29 is 9.50 Å². The van der Waals surface area contributed by atoms with E-state index in [0.717, 1.165) is 6.42 Å². The molecule has 0 aliphatic heterocycles. The third-order valence-electron chi connectivity index (χ3n) is 2.92. The number of hydrogen-bond acceptors (Lipinski definition) is 2. The number of phenolic OH excluding ortho intramolecular Hbond substituents is 1. The van der Waals surface area contributed by atoms with Crippen LogP contribution < -0.4 is 5.32 Å². The van der Waals surface area contributed by atoms with Crippen LogP contribution in [0.5, 0.6) is 5.75 Å². The topological polar surface area (TPSA) is 32.3 Å². The second kappa shape index (κ2) is 7.28. The molecule has 1 aromatic carbocycles. The number of unbranched alkanes of at least 4 members (excludes halogenated alkanes) is 2. The summed E-state index contributed by atoms with van der Waals surface area (Å²) in [6, 6.07) is 4.43. The summed E-state index contributed by atoms with van der Waals surface area (Å²) in [6.45, 7) is 4.81. The van der Waals surface area contributed by atoms with Gasteiger partial charge in [0.1, 0.15) is 11.6 Å². The lowest BCUT2D eigenvalue weighted by molar-refractivity contribution is 0.447. The molecule has 2 nitrogen and oxygen atoms in total. The summed E-state index contributed by atoms with van der Waals surface area (Å²) in [6.07, 6.45) is 4.79. The van der Waals surface area contributed by atoms with Crippen LogP contribution >= 0.6 is 0 Å². The van der Waals surface area contributed by atoms with Crippen molar-refractivity contribution in [2.24, 2.45) is 0 Å². The maximum Gasteiger partial charge on any atom is 0.123 e. The van der Waals surface area contributed by atoms with Gasteiger partial charge in [0.2, 0.25) is 0 Å². The highest BCUT2D eigenvalue weighted by molar-refractivity contribution is 5.32. The minimum absolute atomic E-state index is 0.152. The van der Waals surface area contributed by atoms with Crippen LogP contribution in [0.1, 0.15) is 45.1 Å². The molecule has 1 unspecified atom stereocenters. The van der Waals surface area contributed by atoms with Gasteiger partial charge in [0.05, 0.1) is 0 Å². The number of phenols is 1. The van der Waals surface area contributed by atoms with Crippen LogP contribution in [0.25, 0.3) is 0 Å². The van der Waals surface area contributed by atoms with E-state index in [1.54, 1.807) is 0 Å². The van der Waals surface area contributed by atoms with E-state index in [-0.39, 0.29) is 11.6 Å². The molecule has 0 saturated heterocycles. The minimum atomic E-state index is -0.307. The lowest BCUT2D eigenvalue weighted by Crippen LogP contribution is -2.25. The van der Waals surface area contributed by atoms with Crippen molar-refractivity contribution in [2.75, 3.05) is 0 Å². The zero-order valence-electron chi connectivity index (χ0n) is 10.7. The van der Waals surface area contributed by atoms with E-state index in [2.05, 4.69) is 19.2 Å². The number of aromatic hydroxyl groups is 1. The third kappa shape index (κ3) is 5.18. The van der Waals surface area contributed by atoms with Crippen LogP contribution in [0.3, 0.4) is 0 Å². The van der Waals surface area contributed by atoms with E-state index < -0.39 is 0 Å². The van der Waals surface area contributed by atoms with E-state index in [1.807, 2.05) is 0 Å². The normalized spacial score (nSPS) is 12.6. The highest BCUT2D eigenvalue weighted by Crippen LogP contribution is 2.17. The predicted molar refractivity (Wildman–Crippen MR) is 68.5 cm³/mol. The maximum atomic E-state index is 13.0. The van der Waals surface area contributed by atoms with Crippen LogP contribution in [0.15, 0.2) is 18.2 Å². The summed E-state index contributed by atoms with van der Waals surface area (Å²) in [5.41, 5.74) is 0.618. The second-order valence-electron chi connectivity index (χ2n) is 4.55. The molecule has 0 aliphatic carbocycles. The molecule has 2 N–H and O–H groups in total. The first-order valence-electron chi connectivity index (χ1n) is 6.34. The lowest BCUT2D eigenvalue weighted by atomic mass is 10.1. The number of rotatable bonds is 7. The maximum absolute atomic E-state index is 13.0. The predicted octanol–water partition coefficient (Wildman–Crippen LogP) is 3.59. The Labute approximate surface area is 103 Å². The standard InChI is InChI=1S/C14H22FNO/c1-3-4-5-6-11(2)16-10-12-9-13(15)7-8-14(12)17/h7-9,11,16-17H,3-6,10H2,1-2H3. The molecule has 0 aromatic heterocycles. The van der Waals surface area contributed by atoms with Crippen LogP contribution in [-0.2, 0) is 6.54 Å². The molecule has 17 heavy (non-hydrogen) atoms. The van der Waals surface area contributed by atoms with E-state index in [4.69, 9.17) is 0 Å². The molecule has 1 atom stereocenters. The molecule has 1 aromatic rings. The number of benzene rings is 1. The molecule has 3 heteroatoms. The zero-order valence-corrected chi connectivity index (χ0v) is 10.7. The van der Waals surface area contributed by atoms with Crippen LogP contribution in [0, 0.1) is 5.82 Å². The summed E-state index contributed by atoms with van der Waals surface area (Å²) < 4.78 is 13.0. The van der Waals surface area contributed by atoms with Gasteiger partial charge in [-0.2, -0.15) is 0 Å². The molecule has 0 bridgehead atoms. The molecular weight excluding hydrogens is 217 g/mol. The molecule has 0 fully saturated rings. The van der Waals surface area contributed by atoms with E-state index in [1.165, 1.54) is 37.5 Å². The van der Waals surface area contributed by atoms with Gasteiger partial charge in [0.25, 0.3) is 0 Å². The van der Waals surface area contributed by atoms with Gasteiger partial charge in [0, 0.05) is 18.2 Å². The van der Waals surface area contributed by atoms with Crippen molar-refractivity contribution in [3.05, 3.63) is 29.6 Å². The first-order valence-corrected chi connectivity index (χ1v) is 6.34. The van der Waals surface area contributed by atoms with Gasteiger partial charge < -0.3 is 10.4 Å². The highest BCUT2D eigenvalue weighted by atomic mass is 19.1. The van der Waals surface area contributed by atoms with Crippen LogP contribution in [0.2, 0.25) is 0 Å². The smallest absolute Gasteiger partial charge is 0.123 e. The van der Waals surface area contributed by atoms with Crippen LogP contribution in [-0.4, -0.2) is 11.1 Å². The molecule has 0 spiro atoms. The average Bonchev–Trinajstić information content (AvgIpc) is 2.31. The Kier molecular flexibility index (Phi) is 5.98. The second-order valence-corrected chi connectivity index (χ2v) is 4.55. The first kappa shape index (κ1) is 14.0. The van der Waals surface area contributed by atoms with E-state index in [9.17, 15) is 9.50 Å². The molecular formula is C14H22FNO. The Balaban J connectivity index is 2.36. The van der Waals surface area contributed by atoms with Gasteiger partial charge in [-0.25, -0.2) is 4.39 Å². The largest absolute Gasteiger partial charge is 0.508 e. The monoisotopic (exact) mass is 239 g/mol. The first-order chi connectivity index (χ1) is 8.13. The molecule has 1 rings (SSSR count). The van der Waals surface area contributed by atoms with E-state index in [0.29, 0.717) is 18.2 Å². The third-order valence-corrected chi connectivity index (χ3v) is 2.92. The molecule has 96 valence electrons. The minimum Gasteiger partial charge on any atom is -0.508 e.